The molecule has 0 saturated carbocycles. The van der Waals surface area contributed by atoms with E-state index in [-0.39, 0.29) is 19.0 Å². The maximum atomic E-state index is 12.7. The fourth-order valence-corrected chi connectivity index (χ4v) is 2.78. The third kappa shape index (κ3) is 3.42. The smallest absolute Gasteiger partial charge is 0.313 e. The standard InChI is InChI=1S/C19H18O6/c1-22-16-6-4-3-5-13(16)15(20)10-14(19(21)23-2)12-7-8-17-18(9-12)25-11-24-17/h3-9,14H,10-11H2,1-2H3. The molecule has 0 amide bonds. The number of carbonyl (C=O) groups is 2. The molecule has 6 heteroatoms. The minimum absolute atomic E-state index is 0.0350. The van der Waals surface area contributed by atoms with Crippen LogP contribution in [0, 0.1) is 0 Å². The fraction of sp³-hybridized carbons (Fsp3) is 0.263. The van der Waals surface area contributed by atoms with E-state index in [1.807, 2.05) is 0 Å². The maximum absolute atomic E-state index is 12.7. The molecule has 0 saturated heterocycles. The predicted octanol–water partition coefficient (Wildman–Crippen LogP) is 2.95. The van der Waals surface area contributed by atoms with Crippen molar-refractivity contribution in [1.82, 2.24) is 0 Å². The molecule has 0 radical (unpaired) electrons. The van der Waals surface area contributed by atoms with Crippen LogP contribution in [0.25, 0.3) is 0 Å². The number of rotatable bonds is 6. The van der Waals surface area contributed by atoms with E-state index in [1.165, 1.54) is 14.2 Å². The number of hydrogen-bond acceptors (Lipinski definition) is 6. The van der Waals surface area contributed by atoms with Crippen molar-refractivity contribution in [3.8, 4) is 17.2 Å². The Labute approximate surface area is 145 Å². The van der Waals surface area contributed by atoms with Gasteiger partial charge >= 0.3 is 5.97 Å². The van der Waals surface area contributed by atoms with Crippen molar-refractivity contribution in [3.63, 3.8) is 0 Å². The number of carbonyl (C=O) groups excluding carboxylic acids is 2. The lowest BCUT2D eigenvalue weighted by Crippen LogP contribution is -2.18. The Balaban J connectivity index is 1.89. The largest absolute Gasteiger partial charge is 0.496 e. The number of esters is 1. The zero-order chi connectivity index (χ0) is 17.8. The second-order valence-corrected chi connectivity index (χ2v) is 5.52. The van der Waals surface area contributed by atoms with Gasteiger partial charge in [-0.2, -0.15) is 0 Å². The minimum atomic E-state index is -0.739. The molecule has 0 aromatic heterocycles. The van der Waals surface area contributed by atoms with E-state index in [1.54, 1.807) is 42.5 Å². The number of ketones is 1. The van der Waals surface area contributed by atoms with Crippen LogP contribution >= 0.6 is 0 Å². The van der Waals surface area contributed by atoms with Crippen molar-refractivity contribution >= 4 is 11.8 Å². The Morgan fingerprint density at radius 1 is 1.08 bits per heavy atom. The Morgan fingerprint density at radius 3 is 2.60 bits per heavy atom. The van der Waals surface area contributed by atoms with Crippen molar-refractivity contribution in [1.29, 1.82) is 0 Å². The lowest BCUT2D eigenvalue weighted by Gasteiger charge is -2.16. The van der Waals surface area contributed by atoms with Crippen molar-refractivity contribution in [2.75, 3.05) is 21.0 Å². The van der Waals surface area contributed by atoms with Crippen molar-refractivity contribution < 1.29 is 28.5 Å². The summed E-state index contributed by atoms with van der Waals surface area (Å²) >= 11 is 0. The van der Waals surface area contributed by atoms with Crippen LogP contribution in [-0.4, -0.2) is 32.8 Å². The van der Waals surface area contributed by atoms with E-state index in [9.17, 15) is 9.59 Å². The number of Topliss-reactive ketones (excluding diaryl/α,β-unsaturated/α-hetero) is 1. The molecule has 3 rings (SSSR count). The van der Waals surface area contributed by atoms with E-state index in [0.29, 0.717) is 28.4 Å². The molecule has 2 aromatic carbocycles. The average molecular weight is 342 g/mol. The van der Waals surface area contributed by atoms with Crippen LogP contribution in [0.5, 0.6) is 17.2 Å². The highest BCUT2D eigenvalue weighted by molar-refractivity contribution is 6.01. The molecule has 0 fully saturated rings. The molecule has 0 N–H and O–H groups in total. The summed E-state index contributed by atoms with van der Waals surface area (Å²) in [6, 6.07) is 12.1. The first-order valence-corrected chi connectivity index (χ1v) is 7.77. The van der Waals surface area contributed by atoms with Gasteiger partial charge in [0, 0.05) is 6.42 Å². The first-order chi connectivity index (χ1) is 12.1. The molecule has 2 aromatic rings. The number of para-hydroxylation sites is 1. The van der Waals surface area contributed by atoms with Gasteiger partial charge < -0.3 is 18.9 Å². The highest BCUT2D eigenvalue weighted by atomic mass is 16.7. The van der Waals surface area contributed by atoms with Crippen molar-refractivity contribution in [2.45, 2.75) is 12.3 Å². The van der Waals surface area contributed by atoms with Gasteiger partial charge in [-0.1, -0.05) is 18.2 Å². The quantitative estimate of drug-likeness (QED) is 0.594. The number of methoxy groups -OCH3 is 2. The molecule has 0 aliphatic carbocycles. The van der Waals surface area contributed by atoms with E-state index >= 15 is 0 Å². The molecule has 1 aliphatic heterocycles. The molecule has 1 unspecified atom stereocenters. The summed E-state index contributed by atoms with van der Waals surface area (Å²) in [5.74, 6) is 0.214. The summed E-state index contributed by atoms with van der Waals surface area (Å²) in [4.78, 5) is 25.0. The Morgan fingerprint density at radius 2 is 1.84 bits per heavy atom. The molecular formula is C19H18O6. The molecule has 1 aliphatic rings. The third-order valence-corrected chi connectivity index (χ3v) is 4.08. The third-order valence-electron chi connectivity index (χ3n) is 4.08. The molecule has 25 heavy (non-hydrogen) atoms. The van der Waals surface area contributed by atoms with Crippen LogP contribution in [0.2, 0.25) is 0 Å². The summed E-state index contributed by atoms with van der Waals surface area (Å²) in [7, 11) is 2.80. The molecular weight excluding hydrogens is 324 g/mol. The summed E-state index contributed by atoms with van der Waals surface area (Å²) in [5, 5.41) is 0. The van der Waals surface area contributed by atoms with Gasteiger partial charge in [-0.3, -0.25) is 9.59 Å². The van der Waals surface area contributed by atoms with Crippen molar-refractivity contribution in [2.24, 2.45) is 0 Å². The van der Waals surface area contributed by atoms with E-state index in [4.69, 9.17) is 18.9 Å². The monoisotopic (exact) mass is 342 g/mol. The van der Waals surface area contributed by atoms with Crippen LogP contribution in [0.1, 0.15) is 28.3 Å². The first kappa shape index (κ1) is 16.8. The van der Waals surface area contributed by atoms with E-state index in [0.717, 1.165) is 0 Å². The normalized spacial score (nSPS) is 13.2. The van der Waals surface area contributed by atoms with Gasteiger partial charge in [-0.15, -0.1) is 0 Å². The van der Waals surface area contributed by atoms with E-state index in [2.05, 4.69) is 0 Å². The van der Waals surface area contributed by atoms with Gasteiger partial charge in [-0.25, -0.2) is 0 Å². The van der Waals surface area contributed by atoms with Gasteiger partial charge in [-0.05, 0) is 29.8 Å². The first-order valence-electron chi connectivity index (χ1n) is 7.77. The lowest BCUT2D eigenvalue weighted by atomic mass is 9.91. The number of benzene rings is 2. The van der Waals surface area contributed by atoms with Crippen molar-refractivity contribution in [3.05, 3.63) is 53.6 Å². The fourth-order valence-electron chi connectivity index (χ4n) is 2.78. The Hall–Kier alpha value is -3.02. The lowest BCUT2D eigenvalue weighted by molar-refractivity contribution is -0.142. The molecule has 0 spiro atoms. The second kappa shape index (κ2) is 7.25. The van der Waals surface area contributed by atoms with Crippen LogP contribution < -0.4 is 14.2 Å². The van der Waals surface area contributed by atoms with Crippen LogP contribution in [0.3, 0.4) is 0 Å². The van der Waals surface area contributed by atoms with Crippen LogP contribution in [-0.2, 0) is 9.53 Å². The average Bonchev–Trinajstić information content (AvgIpc) is 3.12. The topological polar surface area (TPSA) is 71.1 Å². The summed E-state index contributed by atoms with van der Waals surface area (Å²) in [6.07, 6.45) is -0.0350. The Bertz CT molecular complexity index is 798. The van der Waals surface area contributed by atoms with Crippen LogP contribution in [0.4, 0.5) is 0 Å². The highest BCUT2D eigenvalue weighted by Crippen LogP contribution is 2.36. The highest BCUT2D eigenvalue weighted by Gasteiger charge is 2.28. The van der Waals surface area contributed by atoms with Gasteiger partial charge in [0.1, 0.15) is 5.75 Å². The van der Waals surface area contributed by atoms with Gasteiger partial charge in [0.05, 0.1) is 25.7 Å². The zero-order valence-electron chi connectivity index (χ0n) is 14.0. The van der Waals surface area contributed by atoms with Gasteiger partial charge in [0.15, 0.2) is 17.3 Å². The van der Waals surface area contributed by atoms with Gasteiger partial charge in [0.2, 0.25) is 6.79 Å². The molecule has 1 heterocycles. The molecule has 130 valence electrons. The molecule has 1 atom stereocenters. The molecule has 6 nitrogen and oxygen atoms in total. The SMILES string of the molecule is COC(=O)C(CC(=O)c1ccccc1OC)c1ccc2c(c1)OCO2. The maximum Gasteiger partial charge on any atom is 0.313 e. The number of fused-ring (bicyclic) bond motifs is 1. The summed E-state index contributed by atoms with van der Waals surface area (Å²) < 4.78 is 20.7. The molecule has 0 bridgehead atoms. The minimum Gasteiger partial charge on any atom is -0.496 e. The second-order valence-electron chi connectivity index (χ2n) is 5.52. The van der Waals surface area contributed by atoms with Gasteiger partial charge in [0.25, 0.3) is 0 Å². The Kier molecular flexibility index (Phi) is 4.88. The summed E-state index contributed by atoms with van der Waals surface area (Å²) in [5.41, 5.74) is 1.07. The van der Waals surface area contributed by atoms with Crippen LogP contribution in [0.15, 0.2) is 42.5 Å². The van der Waals surface area contributed by atoms with E-state index < -0.39 is 11.9 Å². The summed E-state index contributed by atoms with van der Waals surface area (Å²) in [6.45, 7) is 0.141. The number of hydrogen-bond donors (Lipinski definition) is 0. The number of ether oxygens (including phenoxy) is 4. The zero-order valence-corrected chi connectivity index (χ0v) is 14.0. The predicted molar refractivity (Wildman–Crippen MR) is 89.3 cm³/mol.